The van der Waals surface area contributed by atoms with Crippen molar-refractivity contribution in [1.29, 1.82) is 0 Å². The summed E-state index contributed by atoms with van der Waals surface area (Å²) in [5.74, 6) is 0. The Morgan fingerprint density at radius 3 is 2.52 bits per heavy atom. The molecule has 1 aromatic heterocycles. The van der Waals surface area contributed by atoms with Gasteiger partial charge in [0.2, 0.25) is 0 Å². The van der Waals surface area contributed by atoms with Crippen LogP contribution in [-0.4, -0.2) is 47.7 Å². The molecule has 4 rings (SSSR count). The van der Waals surface area contributed by atoms with Crippen molar-refractivity contribution in [1.82, 2.24) is 9.88 Å². The predicted octanol–water partition coefficient (Wildman–Crippen LogP) is 3.68. The molecule has 2 aromatic carbocycles. The number of aromatic nitrogens is 1. The van der Waals surface area contributed by atoms with Gasteiger partial charge in [-0.25, -0.2) is 0 Å². The number of rotatable bonds is 4. The van der Waals surface area contributed by atoms with Gasteiger partial charge in [0.1, 0.15) is 0 Å². The Hall–Kier alpha value is -2.01. The van der Waals surface area contributed by atoms with Crippen LogP contribution < -0.4 is 4.90 Å². The summed E-state index contributed by atoms with van der Waals surface area (Å²) in [4.78, 5) is 7.90. The molecule has 130 valence electrons. The molecule has 2 N–H and O–H groups in total. The summed E-state index contributed by atoms with van der Waals surface area (Å²) in [6.07, 6.45) is 1.46. The van der Waals surface area contributed by atoms with E-state index in [1.165, 1.54) is 11.1 Å². The van der Waals surface area contributed by atoms with Crippen molar-refractivity contribution in [2.75, 3.05) is 37.6 Å². The monoisotopic (exact) mass is 355 g/mol. The highest BCUT2D eigenvalue weighted by atomic mass is 35.5. The molecule has 0 aliphatic carbocycles. The minimum Gasteiger partial charge on any atom is -0.387 e. The van der Waals surface area contributed by atoms with Gasteiger partial charge >= 0.3 is 0 Å². The average molecular weight is 356 g/mol. The Morgan fingerprint density at radius 1 is 1.00 bits per heavy atom. The zero-order chi connectivity index (χ0) is 17.2. The maximum Gasteiger partial charge on any atom is 0.0917 e. The Kier molecular flexibility index (Phi) is 4.66. The lowest BCUT2D eigenvalue weighted by atomic mass is 10.1. The number of piperazine rings is 1. The van der Waals surface area contributed by atoms with Gasteiger partial charge in [-0.05, 0) is 47.3 Å². The highest BCUT2D eigenvalue weighted by Gasteiger charge is 2.20. The maximum absolute atomic E-state index is 10.6. The number of benzene rings is 2. The fraction of sp³-hybridized carbons (Fsp3) is 0.300. The number of nitrogens with one attached hydrogen (secondary N) is 1. The first-order valence-corrected chi connectivity index (χ1v) is 9.05. The third kappa shape index (κ3) is 3.66. The van der Waals surface area contributed by atoms with E-state index in [4.69, 9.17) is 11.6 Å². The normalized spacial score (nSPS) is 17.1. The number of H-pyrrole nitrogens is 1. The van der Waals surface area contributed by atoms with Crippen LogP contribution in [0.4, 0.5) is 5.69 Å². The van der Waals surface area contributed by atoms with Crippen molar-refractivity contribution < 1.29 is 5.11 Å². The van der Waals surface area contributed by atoms with Crippen LogP contribution in [0, 0.1) is 0 Å². The second-order valence-corrected chi connectivity index (χ2v) is 7.04. The first-order chi connectivity index (χ1) is 12.2. The fourth-order valence-corrected chi connectivity index (χ4v) is 3.59. The largest absolute Gasteiger partial charge is 0.387 e. The van der Waals surface area contributed by atoms with E-state index >= 15 is 0 Å². The zero-order valence-electron chi connectivity index (χ0n) is 14.0. The number of hydrogen-bond acceptors (Lipinski definition) is 3. The number of aliphatic hydroxyl groups excluding tert-OH is 1. The molecule has 2 heterocycles. The first kappa shape index (κ1) is 16.5. The molecule has 25 heavy (non-hydrogen) atoms. The molecule has 1 fully saturated rings. The quantitative estimate of drug-likeness (QED) is 0.750. The number of aliphatic hydroxyl groups is 1. The van der Waals surface area contributed by atoms with Crippen LogP contribution in [-0.2, 0) is 0 Å². The second-order valence-electron chi connectivity index (χ2n) is 6.60. The van der Waals surface area contributed by atoms with E-state index in [0.717, 1.165) is 42.3 Å². The van der Waals surface area contributed by atoms with Crippen LogP contribution >= 0.6 is 11.6 Å². The molecule has 0 bridgehead atoms. The van der Waals surface area contributed by atoms with Gasteiger partial charge in [0.05, 0.1) is 6.10 Å². The Labute approximate surface area is 152 Å². The van der Waals surface area contributed by atoms with E-state index in [9.17, 15) is 5.11 Å². The number of nitrogens with zero attached hydrogens (tertiary/aromatic N) is 2. The van der Waals surface area contributed by atoms with Crippen LogP contribution in [0.1, 0.15) is 11.7 Å². The van der Waals surface area contributed by atoms with Crippen LogP contribution in [0.2, 0.25) is 5.02 Å². The molecule has 3 aromatic rings. The van der Waals surface area contributed by atoms with Crippen molar-refractivity contribution in [2.24, 2.45) is 0 Å². The molecular weight excluding hydrogens is 334 g/mol. The zero-order valence-corrected chi connectivity index (χ0v) is 14.8. The van der Waals surface area contributed by atoms with E-state index in [1.54, 1.807) is 0 Å². The molecule has 1 saturated heterocycles. The Balaban J connectivity index is 1.35. The smallest absolute Gasteiger partial charge is 0.0917 e. The summed E-state index contributed by atoms with van der Waals surface area (Å²) in [6.45, 7) is 4.49. The van der Waals surface area contributed by atoms with Crippen LogP contribution in [0.25, 0.3) is 10.9 Å². The van der Waals surface area contributed by atoms with Gasteiger partial charge in [-0.1, -0.05) is 23.7 Å². The summed E-state index contributed by atoms with van der Waals surface area (Å²) < 4.78 is 0. The molecule has 5 heteroatoms. The van der Waals surface area contributed by atoms with E-state index in [2.05, 4.69) is 33.0 Å². The Morgan fingerprint density at radius 2 is 1.76 bits per heavy atom. The molecule has 0 spiro atoms. The molecule has 0 saturated carbocycles. The predicted molar refractivity (Wildman–Crippen MR) is 103 cm³/mol. The standard InChI is InChI=1S/C20H22ClN3O/c21-17-3-5-18(6-4-17)24-11-9-23(10-12-24)14-20(25)16-2-1-15-7-8-22-19(15)13-16/h1-8,13,20,22,25H,9-12,14H2. The lowest BCUT2D eigenvalue weighted by molar-refractivity contribution is 0.109. The van der Waals surface area contributed by atoms with E-state index in [-0.39, 0.29) is 0 Å². The SMILES string of the molecule is OC(CN1CCN(c2ccc(Cl)cc2)CC1)c1ccc2cc[nH]c2c1. The molecule has 1 aliphatic rings. The van der Waals surface area contributed by atoms with Gasteiger partial charge in [0.25, 0.3) is 0 Å². The lowest BCUT2D eigenvalue weighted by Gasteiger charge is -2.37. The van der Waals surface area contributed by atoms with Crippen molar-refractivity contribution in [3.8, 4) is 0 Å². The van der Waals surface area contributed by atoms with Gasteiger partial charge in [-0.15, -0.1) is 0 Å². The van der Waals surface area contributed by atoms with E-state index in [1.807, 2.05) is 36.5 Å². The summed E-state index contributed by atoms with van der Waals surface area (Å²) in [5.41, 5.74) is 3.25. The maximum atomic E-state index is 10.6. The van der Waals surface area contributed by atoms with Gasteiger partial charge in [-0.3, -0.25) is 4.90 Å². The summed E-state index contributed by atoms with van der Waals surface area (Å²) in [6, 6.07) is 16.2. The molecule has 4 nitrogen and oxygen atoms in total. The van der Waals surface area contributed by atoms with Crippen molar-refractivity contribution in [3.63, 3.8) is 0 Å². The van der Waals surface area contributed by atoms with Gasteiger partial charge < -0.3 is 15.0 Å². The number of β-amino-alcohol motifs (C(OH)–C–C–N with tert-alkyl or cyclic N) is 1. The van der Waals surface area contributed by atoms with E-state index in [0.29, 0.717) is 6.54 Å². The van der Waals surface area contributed by atoms with Crippen LogP contribution in [0.5, 0.6) is 0 Å². The van der Waals surface area contributed by atoms with E-state index < -0.39 is 6.10 Å². The number of fused-ring (bicyclic) bond motifs is 1. The molecular formula is C20H22ClN3O. The highest BCUT2D eigenvalue weighted by Crippen LogP contribution is 2.22. The van der Waals surface area contributed by atoms with Crippen molar-refractivity contribution in [3.05, 3.63) is 65.3 Å². The number of halogens is 1. The number of hydrogen-bond donors (Lipinski definition) is 2. The minimum absolute atomic E-state index is 0.463. The first-order valence-electron chi connectivity index (χ1n) is 8.67. The van der Waals surface area contributed by atoms with Crippen molar-refractivity contribution >= 4 is 28.2 Å². The summed E-state index contributed by atoms with van der Waals surface area (Å²) in [7, 11) is 0. The van der Waals surface area contributed by atoms with Gasteiger partial charge in [0.15, 0.2) is 0 Å². The number of aromatic amines is 1. The lowest BCUT2D eigenvalue weighted by Crippen LogP contribution is -2.47. The third-order valence-electron chi connectivity index (χ3n) is 4.96. The van der Waals surface area contributed by atoms with Crippen LogP contribution in [0.15, 0.2) is 54.7 Å². The molecule has 1 unspecified atom stereocenters. The highest BCUT2D eigenvalue weighted by molar-refractivity contribution is 6.30. The third-order valence-corrected chi connectivity index (χ3v) is 5.21. The number of anilines is 1. The second kappa shape index (κ2) is 7.08. The molecule has 1 atom stereocenters. The molecule has 1 aliphatic heterocycles. The summed E-state index contributed by atoms with van der Waals surface area (Å²) >= 11 is 5.96. The summed E-state index contributed by atoms with van der Waals surface area (Å²) in [5, 5.41) is 12.5. The van der Waals surface area contributed by atoms with Gasteiger partial charge in [0, 0.05) is 55.1 Å². The van der Waals surface area contributed by atoms with Gasteiger partial charge in [-0.2, -0.15) is 0 Å². The fourth-order valence-electron chi connectivity index (χ4n) is 3.46. The van der Waals surface area contributed by atoms with Crippen molar-refractivity contribution in [2.45, 2.75) is 6.10 Å². The minimum atomic E-state index is -0.463. The van der Waals surface area contributed by atoms with Crippen LogP contribution in [0.3, 0.4) is 0 Å². The molecule has 0 radical (unpaired) electrons. The topological polar surface area (TPSA) is 42.5 Å². The average Bonchev–Trinajstić information content (AvgIpc) is 3.11. The molecule has 0 amide bonds. The Bertz CT molecular complexity index is 838.